The Balaban J connectivity index is 2.53. The number of carbonyl (C=O) groups is 1. The largest absolute Gasteiger partial charge is 0.326 e. The second-order valence-corrected chi connectivity index (χ2v) is 3.81. The number of benzene rings is 1. The van der Waals surface area contributed by atoms with E-state index >= 15 is 0 Å². The van der Waals surface area contributed by atoms with Crippen molar-refractivity contribution in [2.75, 3.05) is 5.32 Å². The monoisotopic (exact) mass is 236 g/mol. The molecule has 0 saturated heterocycles. The molecule has 5 nitrogen and oxygen atoms in total. The van der Waals surface area contributed by atoms with Crippen LogP contribution >= 0.6 is 0 Å². The van der Waals surface area contributed by atoms with Crippen molar-refractivity contribution >= 4 is 17.3 Å². The Labute approximate surface area is 100.0 Å². The lowest BCUT2D eigenvalue weighted by molar-refractivity contribution is -0.384. The molecule has 0 aliphatic carbocycles. The van der Waals surface area contributed by atoms with Crippen LogP contribution in [0.4, 0.5) is 11.4 Å². The molecular weight excluding hydrogens is 220 g/mol. The number of nitro groups is 1. The van der Waals surface area contributed by atoms with Crippen molar-refractivity contribution in [1.82, 2.24) is 0 Å². The van der Waals surface area contributed by atoms with Gasteiger partial charge in [0, 0.05) is 24.2 Å². The first kappa shape index (κ1) is 13.2. The van der Waals surface area contributed by atoms with E-state index in [2.05, 4.69) is 12.2 Å². The molecule has 1 aromatic carbocycles. The number of carbonyl (C=O) groups excluding carboxylic acids is 1. The highest BCUT2D eigenvalue weighted by Gasteiger charge is 2.07. The van der Waals surface area contributed by atoms with Gasteiger partial charge in [-0.15, -0.1) is 0 Å². The second-order valence-electron chi connectivity index (χ2n) is 3.81. The van der Waals surface area contributed by atoms with Gasteiger partial charge in [0.2, 0.25) is 5.91 Å². The zero-order chi connectivity index (χ0) is 12.7. The van der Waals surface area contributed by atoms with Crippen LogP contribution in [0.25, 0.3) is 0 Å². The fourth-order valence-electron chi connectivity index (χ4n) is 1.46. The first-order valence-corrected chi connectivity index (χ1v) is 5.67. The van der Waals surface area contributed by atoms with E-state index in [1.54, 1.807) is 12.1 Å². The molecule has 0 radical (unpaired) electrons. The Morgan fingerprint density at radius 1 is 1.41 bits per heavy atom. The molecule has 1 N–H and O–H groups in total. The SMILES string of the molecule is CCCCCC(=O)Nc1cccc([N+](=O)[O-])c1. The van der Waals surface area contributed by atoms with E-state index < -0.39 is 4.92 Å². The highest BCUT2D eigenvalue weighted by Crippen LogP contribution is 2.17. The van der Waals surface area contributed by atoms with Gasteiger partial charge in [-0.2, -0.15) is 0 Å². The summed E-state index contributed by atoms with van der Waals surface area (Å²) in [5.41, 5.74) is 0.456. The Hall–Kier alpha value is -1.91. The van der Waals surface area contributed by atoms with Gasteiger partial charge in [0.1, 0.15) is 0 Å². The summed E-state index contributed by atoms with van der Waals surface area (Å²) in [6.07, 6.45) is 3.38. The zero-order valence-corrected chi connectivity index (χ0v) is 9.81. The first-order chi connectivity index (χ1) is 8.13. The van der Waals surface area contributed by atoms with Crippen molar-refractivity contribution in [2.45, 2.75) is 32.6 Å². The number of amides is 1. The average Bonchev–Trinajstić information content (AvgIpc) is 2.29. The molecular formula is C12H16N2O3. The lowest BCUT2D eigenvalue weighted by atomic mass is 10.2. The molecule has 5 heteroatoms. The van der Waals surface area contributed by atoms with E-state index in [9.17, 15) is 14.9 Å². The van der Waals surface area contributed by atoms with Crippen molar-refractivity contribution in [3.05, 3.63) is 34.4 Å². The molecule has 0 spiro atoms. The summed E-state index contributed by atoms with van der Waals surface area (Å²) in [4.78, 5) is 21.6. The molecule has 0 bridgehead atoms. The number of hydrogen-bond donors (Lipinski definition) is 1. The van der Waals surface area contributed by atoms with Crippen LogP contribution in [-0.4, -0.2) is 10.8 Å². The van der Waals surface area contributed by atoms with E-state index in [0.29, 0.717) is 12.1 Å². The normalized spacial score (nSPS) is 9.94. The van der Waals surface area contributed by atoms with Gasteiger partial charge < -0.3 is 5.32 Å². The topological polar surface area (TPSA) is 72.2 Å². The third kappa shape index (κ3) is 4.63. The molecule has 92 valence electrons. The molecule has 0 saturated carbocycles. The second kappa shape index (κ2) is 6.62. The third-order valence-electron chi connectivity index (χ3n) is 2.35. The number of non-ortho nitro benzene ring substituents is 1. The first-order valence-electron chi connectivity index (χ1n) is 5.67. The molecule has 1 aromatic rings. The molecule has 1 amide bonds. The van der Waals surface area contributed by atoms with E-state index in [4.69, 9.17) is 0 Å². The maximum atomic E-state index is 11.5. The number of rotatable bonds is 6. The van der Waals surface area contributed by atoms with Crippen molar-refractivity contribution in [1.29, 1.82) is 0 Å². The molecule has 1 rings (SSSR count). The maximum Gasteiger partial charge on any atom is 0.271 e. The van der Waals surface area contributed by atoms with Gasteiger partial charge in [-0.05, 0) is 12.5 Å². The Kier molecular flexibility index (Phi) is 5.13. The van der Waals surface area contributed by atoms with Crippen LogP contribution in [0.1, 0.15) is 32.6 Å². The number of unbranched alkanes of at least 4 members (excludes halogenated alkanes) is 2. The predicted molar refractivity (Wildman–Crippen MR) is 65.9 cm³/mol. The van der Waals surface area contributed by atoms with E-state index in [-0.39, 0.29) is 11.6 Å². The number of nitro benzene ring substituents is 1. The molecule has 0 fully saturated rings. The third-order valence-corrected chi connectivity index (χ3v) is 2.35. The summed E-state index contributed by atoms with van der Waals surface area (Å²) in [6, 6.07) is 5.95. The summed E-state index contributed by atoms with van der Waals surface area (Å²) in [6.45, 7) is 2.07. The van der Waals surface area contributed by atoms with Gasteiger partial charge in [0.15, 0.2) is 0 Å². The molecule has 0 atom stereocenters. The van der Waals surface area contributed by atoms with Crippen molar-refractivity contribution in [3.63, 3.8) is 0 Å². The summed E-state index contributed by atoms with van der Waals surface area (Å²) < 4.78 is 0. The van der Waals surface area contributed by atoms with Crippen LogP contribution in [0.3, 0.4) is 0 Å². The highest BCUT2D eigenvalue weighted by atomic mass is 16.6. The number of nitrogens with zero attached hydrogens (tertiary/aromatic N) is 1. The van der Waals surface area contributed by atoms with Crippen LogP contribution in [0, 0.1) is 10.1 Å². The van der Waals surface area contributed by atoms with Gasteiger partial charge >= 0.3 is 0 Å². The zero-order valence-electron chi connectivity index (χ0n) is 9.81. The van der Waals surface area contributed by atoms with E-state index in [1.807, 2.05) is 0 Å². The van der Waals surface area contributed by atoms with Crippen molar-refractivity contribution in [3.8, 4) is 0 Å². The van der Waals surface area contributed by atoms with Crippen LogP contribution < -0.4 is 5.32 Å². The van der Waals surface area contributed by atoms with E-state index in [0.717, 1.165) is 19.3 Å². The van der Waals surface area contributed by atoms with Gasteiger partial charge in [0.05, 0.1) is 4.92 Å². The lowest BCUT2D eigenvalue weighted by Gasteiger charge is -2.04. The fourth-order valence-corrected chi connectivity index (χ4v) is 1.46. The fraction of sp³-hybridized carbons (Fsp3) is 0.417. The Bertz CT molecular complexity index is 404. The minimum Gasteiger partial charge on any atom is -0.326 e. The highest BCUT2D eigenvalue weighted by molar-refractivity contribution is 5.90. The van der Waals surface area contributed by atoms with Crippen LogP contribution in [-0.2, 0) is 4.79 Å². The molecule has 0 aliphatic heterocycles. The molecule has 0 aromatic heterocycles. The summed E-state index contributed by atoms with van der Waals surface area (Å²) >= 11 is 0. The van der Waals surface area contributed by atoms with Crippen LogP contribution in [0.15, 0.2) is 24.3 Å². The lowest BCUT2D eigenvalue weighted by Crippen LogP contribution is -2.11. The van der Waals surface area contributed by atoms with Crippen molar-refractivity contribution in [2.24, 2.45) is 0 Å². The molecule has 0 unspecified atom stereocenters. The Morgan fingerprint density at radius 3 is 2.82 bits per heavy atom. The van der Waals surface area contributed by atoms with Gasteiger partial charge in [-0.25, -0.2) is 0 Å². The number of hydrogen-bond acceptors (Lipinski definition) is 3. The number of anilines is 1. The van der Waals surface area contributed by atoms with Crippen LogP contribution in [0.2, 0.25) is 0 Å². The van der Waals surface area contributed by atoms with Gasteiger partial charge in [-0.3, -0.25) is 14.9 Å². The quantitative estimate of drug-likeness (QED) is 0.468. The van der Waals surface area contributed by atoms with Crippen molar-refractivity contribution < 1.29 is 9.72 Å². The Morgan fingerprint density at radius 2 is 2.18 bits per heavy atom. The van der Waals surface area contributed by atoms with Gasteiger partial charge in [0.25, 0.3) is 5.69 Å². The minimum absolute atomic E-state index is 0.0173. The van der Waals surface area contributed by atoms with Crippen LogP contribution in [0.5, 0.6) is 0 Å². The summed E-state index contributed by atoms with van der Waals surface area (Å²) in [7, 11) is 0. The number of nitrogens with one attached hydrogen (secondary N) is 1. The van der Waals surface area contributed by atoms with Gasteiger partial charge in [-0.1, -0.05) is 25.8 Å². The molecule has 0 aliphatic rings. The average molecular weight is 236 g/mol. The maximum absolute atomic E-state index is 11.5. The van der Waals surface area contributed by atoms with E-state index in [1.165, 1.54) is 12.1 Å². The minimum atomic E-state index is -0.479. The molecule has 0 heterocycles. The smallest absolute Gasteiger partial charge is 0.271 e. The predicted octanol–water partition coefficient (Wildman–Crippen LogP) is 3.11. The molecule has 17 heavy (non-hydrogen) atoms. The summed E-state index contributed by atoms with van der Waals surface area (Å²) in [5.74, 6) is -0.0982. The standard InChI is InChI=1S/C12H16N2O3/c1-2-3-4-8-12(15)13-10-6-5-7-11(9-10)14(16)17/h5-7,9H,2-4,8H2,1H3,(H,13,15). The summed E-state index contributed by atoms with van der Waals surface area (Å²) in [5, 5.41) is 13.2.